The van der Waals surface area contributed by atoms with E-state index in [2.05, 4.69) is 16.5 Å². The summed E-state index contributed by atoms with van der Waals surface area (Å²) in [5, 5.41) is 0. The van der Waals surface area contributed by atoms with Crippen molar-refractivity contribution in [2.45, 2.75) is 13.5 Å². The van der Waals surface area contributed by atoms with Gasteiger partial charge < -0.3 is 10.6 Å². The van der Waals surface area contributed by atoms with Gasteiger partial charge in [0.1, 0.15) is 5.82 Å². The normalized spacial score (nSPS) is 9.93. The Morgan fingerprint density at radius 1 is 1.64 bits per heavy atom. The Morgan fingerprint density at radius 2 is 2.36 bits per heavy atom. The molecule has 2 N–H and O–H groups in total. The van der Waals surface area contributed by atoms with Crippen LogP contribution in [0, 0.1) is 0 Å². The Morgan fingerprint density at radius 3 is 2.93 bits per heavy atom. The quantitative estimate of drug-likeness (QED) is 0.734. The van der Waals surface area contributed by atoms with Crippen LogP contribution in [0.3, 0.4) is 0 Å². The molecule has 0 bridgehead atoms. The lowest BCUT2D eigenvalue weighted by molar-refractivity contribution is 0.944. The number of hydrogen-bond acceptors (Lipinski definition) is 3. The second-order valence-corrected chi connectivity index (χ2v) is 3.54. The highest BCUT2D eigenvalue weighted by atomic mass is 15.2. The van der Waals surface area contributed by atoms with E-state index >= 15 is 0 Å². The molecule has 0 atom stereocenters. The second-order valence-electron chi connectivity index (χ2n) is 3.54. The van der Waals surface area contributed by atoms with E-state index in [1.165, 1.54) is 0 Å². The molecular formula is C11H17N3. The van der Waals surface area contributed by atoms with Gasteiger partial charge in [0.25, 0.3) is 0 Å². The van der Waals surface area contributed by atoms with Crippen molar-refractivity contribution >= 4 is 5.82 Å². The number of likely N-dealkylation sites (N-methyl/N-ethyl adjacent to an activating group) is 1. The molecule has 0 aromatic carbocycles. The minimum Gasteiger partial charge on any atom is -0.356 e. The number of pyridine rings is 1. The Bertz CT molecular complexity index is 320. The van der Waals surface area contributed by atoms with Crippen LogP contribution in [-0.2, 0) is 6.54 Å². The van der Waals surface area contributed by atoms with Gasteiger partial charge >= 0.3 is 0 Å². The first-order valence-corrected chi connectivity index (χ1v) is 4.64. The van der Waals surface area contributed by atoms with Crippen LogP contribution in [0.25, 0.3) is 0 Å². The summed E-state index contributed by atoms with van der Waals surface area (Å²) >= 11 is 0. The van der Waals surface area contributed by atoms with Crippen molar-refractivity contribution in [3.05, 3.63) is 36.0 Å². The van der Waals surface area contributed by atoms with Gasteiger partial charge in [-0.05, 0) is 24.6 Å². The van der Waals surface area contributed by atoms with Gasteiger partial charge in [-0.25, -0.2) is 4.98 Å². The molecule has 3 heteroatoms. The molecule has 1 aromatic heterocycles. The van der Waals surface area contributed by atoms with Crippen molar-refractivity contribution in [2.24, 2.45) is 5.73 Å². The molecule has 3 nitrogen and oxygen atoms in total. The number of aromatic nitrogens is 1. The summed E-state index contributed by atoms with van der Waals surface area (Å²) in [6.07, 6.45) is 1.78. The number of rotatable bonds is 4. The maximum atomic E-state index is 5.56. The summed E-state index contributed by atoms with van der Waals surface area (Å²) in [5.41, 5.74) is 7.77. The summed E-state index contributed by atoms with van der Waals surface area (Å²) in [4.78, 5) is 6.33. The molecule has 0 aliphatic carbocycles. The Labute approximate surface area is 85.3 Å². The highest BCUT2D eigenvalue weighted by molar-refractivity contribution is 5.41. The fraction of sp³-hybridized carbons (Fsp3) is 0.364. The van der Waals surface area contributed by atoms with Crippen molar-refractivity contribution in [3.63, 3.8) is 0 Å². The molecular weight excluding hydrogens is 174 g/mol. The van der Waals surface area contributed by atoms with Gasteiger partial charge in [-0.1, -0.05) is 12.2 Å². The molecule has 1 rings (SSSR count). The zero-order valence-corrected chi connectivity index (χ0v) is 8.83. The molecule has 0 saturated heterocycles. The van der Waals surface area contributed by atoms with Crippen LogP contribution in [-0.4, -0.2) is 18.6 Å². The van der Waals surface area contributed by atoms with Gasteiger partial charge in [-0.2, -0.15) is 0 Å². The van der Waals surface area contributed by atoms with E-state index in [9.17, 15) is 0 Å². The molecule has 0 unspecified atom stereocenters. The van der Waals surface area contributed by atoms with E-state index in [4.69, 9.17) is 5.73 Å². The van der Waals surface area contributed by atoms with Gasteiger partial charge in [-0.15, -0.1) is 0 Å². The van der Waals surface area contributed by atoms with Crippen LogP contribution < -0.4 is 10.6 Å². The number of anilines is 1. The minimum atomic E-state index is 0.552. The van der Waals surface area contributed by atoms with Crippen LogP contribution in [0.5, 0.6) is 0 Å². The monoisotopic (exact) mass is 191 g/mol. The maximum Gasteiger partial charge on any atom is 0.128 e. The molecule has 1 heterocycles. The first-order valence-electron chi connectivity index (χ1n) is 4.64. The zero-order chi connectivity index (χ0) is 10.6. The average Bonchev–Trinajstić information content (AvgIpc) is 2.17. The minimum absolute atomic E-state index is 0.552. The lowest BCUT2D eigenvalue weighted by atomic mass is 10.2. The van der Waals surface area contributed by atoms with Crippen molar-refractivity contribution in [3.8, 4) is 0 Å². The third kappa shape index (κ3) is 2.85. The summed E-state index contributed by atoms with van der Waals surface area (Å²) < 4.78 is 0. The fourth-order valence-corrected chi connectivity index (χ4v) is 1.28. The van der Waals surface area contributed by atoms with Crippen molar-refractivity contribution in [1.29, 1.82) is 0 Å². The molecule has 0 spiro atoms. The average molecular weight is 191 g/mol. The molecule has 0 radical (unpaired) electrons. The van der Waals surface area contributed by atoms with Crippen LogP contribution in [0.4, 0.5) is 5.82 Å². The summed E-state index contributed by atoms with van der Waals surface area (Å²) in [6.45, 7) is 7.24. The summed E-state index contributed by atoms with van der Waals surface area (Å²) in [5.74, 6) is 0.941. The van der Waals surface area contributed by atoms with Gasteiger partial charge in [0.2, 0.25) is 0 Å². The molecule has 0 aliphatic rings. The fourth-order valence-electron chi connectivity index (χ4n) is 1.28. The van der Waals surface area contributed by atoms with Crippen molar-refractivity contribution in [1.82, 2.24) is 4.98 Å². The van der Waals surface area contributed by atoms with E-state index in [0.717, 1.165) is 23.5 Å². The van der Waals surface area contributed by atoms with Crippen molar-refractivity contribution < 1.29 is 0 Å². The van der Waals surface area contributed by atoms with Crippen LogP contribution >= 0.6 is 0 Å². The first-order chi connectivity index (χ1) is 6.63. The third-order valence-electron chi connectivity index (χ3n) is 1.94. The van der Waals surface area contributed by atoms with E-state index in [1.54, 1.807) is 6.20 Å². The number of nitrogens with zero attached hydrogens (tertiary/aromatic N) is 2. The molecule has 0 amide bonds. The topological polar surface area (TPSA) is 42.1 Å². The Hall–Kier alpha value is -1.35. The smallest absolute Gasteiger partial charge is 0.128 e. The molecule has 0 fully saturated rings. The van der Waals surface area contributed by atoms with Crippen LogP contribution in [0.15, 0.2) is 30.5 Å². The SMILES string of the molecule is C=C(C)CN(C)c1cc(CN)ccn1. The van der Waals surface area contributed by atoms with E-state index in [1.807, 2.05) is 26.1 Å². The first kappa shape index (κ1) is 10.7. The van der Waals surface area contributed by atoms with Crippen LogP contribution in [0.2, 0.25) is 0 Å². The zero-order valence-electron chi connectivity index (χ0n) is 8.83. The Balaban J connectivity index is 2.78. The second kappa shape index (κ2) is 4.77. The van der Waals surface area contributed by atoms with Crippen LogP contribution in [0.1, 0.15) is 12.5 Å². The van der Waals surface area contributed by atoms with E-state index in [0.29, 0.717) is 6.54 Å². The van der Waals surface area contributed by atoms with E-state index < -0.39 is 0 Å². The van der Waals surface area contributed by atoms with Gasteiger partial charge in [0.05, 0.1) is 0 Å². The highest BCUT2D eigenvalue weighted by Gasteiger charge is 2.02. The number of nitrogens with two attached hydrogens (primary N) is 1. The molecule has 14 heavy (non-hydrogen) atoms. The molecule has 0 aliphatic heterocycles. The van der Waals surface area contributed by atoms with Gasteiger partial charge in [0, 0.05) is 26.3 Å². The summed E-state index contributed by atoms with van der Waals surface area (Å²) in [6, 6.07) is 3.93. The van der Waals surface area contributed by atoms with Crippen molar-refractivity contribution in [2.75, 3.05) is 18.5 Å². The van der Waals surface area contributed by atoms with E-state index in [-0.39, 0.29) is 0 Å². The van der Waals surface area contributed by atoms with Gasteiger partial charge in [0.15, 0.2) is 0 Å². The number of hydrogen-bond donors (Lipinski definition) is 1. The third-order valence-corrected chi connectivity index (χ3v) is 1.94. The molecule has 76 valence electrons. The lowest BCUT2D eigenvalue weighted by Gasteiger charge is -2.18. The maximum absolute atomic E-state index is 5.56. The largest absolute Gasteiger partial charge is 0.356 e. The standard InChI is InChI=1S/C11H17N3/c1-9(2)8-14(3)11-6-10(7-12)4-5-13-11/h4-6H,1,7-8,12H2,2-3H3. The summed E-state index contributed by atoms with van der Waals surface area (Å²) in [7, 11) is 2.00. The lowest BCUT2D eigenvalue weighted by Crippen LogP contribution is -2.20. The molecule has 1 aromatic rings. The Kier molecular flexibility index (Phi) is 3.65. The predicted octanol–water partition coefficient (Wildman–Crippen LogP) is 1.55. The van der Waals surface area contributed by atoms with Gasteiger partial charge in [-0.3, -0.25) is 0 Å². The highest BCUT2D eigenvalue weighted by Crippen LogP contribution is 2.11. The predicted molar refractivity (Wildman–Crippen MR) is 60.2 cm³/mol. The molecule has 0 saturated carbocycles.